The predicted molar refractivity (Wildman–Crippen MR) is 110 cm³/mol. The van der Waals surface area contributed by atoms with E-state index in [0.717, 1.165) is 17.7 Å². The molecule has 2 N–H and O–H groups in total. The van der Waals surface area contributed by atoms with Crippen molar-refractivity contribution in [3.63, 3.8) is 0 Å². The summed E-state index contributed by atoms with van der Waals surface area (Å²) in [5.41, 5.74) is 0.957. The monoisotopic (exact) mass is 409 g/mol. The second-order valence-corrected chi connectivity index (χ2v) is 6.78. The van der Waals surface area contributed by atoms with Crippen LogP contribution in [0.3, 0.4) is 0 Å². The Morgan fingerprint density at radius 1 is 0.867 bits per heavy atom. The van der Waals surface area contributed by atoms with Crippen LogP contribution in [0.1, 0.15) is 17.2 Å². The number of aromatic nitrogens is 2. The van der Waals surface area contributed by atoms with E-state index in [1.165, 1.54) is 6.07 Å². The molecule has 0 saturated heterocycles. The fourth-order valence-corrected chi connectivity index (χ4v) is 3.24. The molecule has 0 saturated carbocycles. The van der Waals surface area contributed by atoms with Gasteiger partial charge in [-0.15, -0.1) is 0 Å². The summed E-state index contributed by atoms with van der Waals surface area (Å²) in [6, 6.07) is 21.1. The van der Waals surface area contributed by atoms with Crippen molar-refractivity contribution in [2.75, 3.05) is 11.9 Å². The number of rotatable bonds is 5. The fourth-order valence-electron chi connectivity index (χ4n) is 3.24. The number of fused-ring (bicyclic) bond motifs is 1. The first-order valence-electron chi connectivity index (χ1n) is 9.32. The number of para-hydroxylation sites is 1. The molecule has 0 fully saturated rings. The zero-order chi connectivity index (χ0) is 21.1. The van der Waals surface area contributed by atoms with E-state index in [0.29, 0.717) is 16.7 Å². The Hall–Kier alpha value is -3.45. The zero-order valence-electron chi connectivity index (χ0n) is 15.8. The van der Waals surface area contributed by atoms with Crippen molar-refractivity contribution in [3.8, 4) is 11.4 Å². The van der Waals surface area contributed by atoms with Gasteiger partial charge in [-0.2, -0.15) is 13.2 Å². The molecule has 7 heteroatoms. The Labute approximate surface area is 171 Å². The molecule has 1 atom stereocenters. The van der Waals surface area contributed by atoms with Crippen molar-refractivity contribution in [1.29, 1.82) is 0 Å². The van der Waals surface area contributed by atoms with Gasteiger partial charge in [0.1, 0.15) is 5.82 Å². The summed E-state index contributed by atoms with van der Waals surface area (Å²) in [4.78, 5) is 8.96. The fraction of sp³-hybridized carbons (Fsp3) is 0.130. The number of nitrogens with zero attached hydrogens (tertiary/aromatic N) is 2. The lowest BCUT2D eigenvalue weighted by Gasteiger charge is -2.19. The lowest BCUT2D eigenvalue weighted by Crippen LogP contribution is -2.16. The van der Waals surface area contributed by atoms with E-state index < -0.39 is 17.8 Å². The van der Waals surface area contributed by atoms with Crippen LogP contribution in [0, 0.1) is 0 Å². The van der Waals surface area contributed by atoms with Crippen molar-refractivity contribution in [2.24, 2.45) is 0 Å². The van der Waals surface area contributed by atoms with Crippen molar-refractivity contribution < 1.29 is 18.3 Å². The minimum Gasteiger partial charge on any atom is -0.394 e. The molecule has 0 aliphatic carbocycles. The van der Waals surface area contributed by atoms with Crippen molar-refractivity contribution in [2.45, 2.75) is 12.2 Å². The molecule has 1 aromatic heterocycles. The van der Waals surface area contributed by atoms with Gasteiger partial charge in [0, 0.05) is 10.9 Å². The molecular weight excluding hydrogens is 391 g/mol. The van der Waals surface area contributed by atoms with E-state index in [4.69, 9.17) is 0 Å². The molecule has 0 amide bonds. The van der Waals surface area contributed by atoms with Crippen molar-refractivity contribution in [3.05, 3.63) is 90.0 Å². The quantitative estimate of drug-likeness (QED) is 0.460. The number of halogens is 3. The molecule has 4 nitrogen and oxygen atoms in total. The average Bonchev–Trinajstić information content (AvgIpc) is 2.77. The SMILES string of the molecule is OC[C@H](Nc1nc(-c2cccc(C(F)(F)F)c2)nc2ccccc12)c1ccccc1. The standard InChI is InChI=1S/C23H18F3N3O/c24-23(25,26)17-10-6-9-16(13-17)21-27-19-12-5-4-11-18(19)22(29-21)28-20(14-30)15-7-2-1-3-8-15/h1-13,20,30H,14H2,(H,27,28,29)/t20-/m0/s1. The van der Waals surface area contributed by atoms with Crippen LogP contribution < -0.4 is 5.32 Å². The molecule has 4 aromatic rings. The van der Waals surface area contributed by atoms with E-state index in [2.05, 4.69) is 15.3 Å². The van der Waals surface area contributed by atoms with Crippen LogP contribution in [0.5, 0.6) is 0 Å². The molecule has 30 heavy (non-hydrogen) atoms. The number of benzene rings is 3. The molecule has 0 aliphatic rings. The Balaban J connectivity index is 1.81. The van der Waals surface area contributed by atoms with E-state index in [1.807, 2.05) is 42.5 Å². The van der Waals surface area contributed by atoms with Gasteiger partial charge >= 0.3 is 6.18 Å². The molecule has 0 unspecified atom stereocenters. The van der Waals surface area contributed by atoms with Crippen LogP contribution in [0.4, 0.5) is 19.0 Å². The van der Waals surface area contributed by atoms with Gasteiger partial charge in [-0.3, -0.25) is 0 Å². The second-order valence-electron chi connectivity index (χ2n) is 6.78. The Bertz CT molecular complexity index is 1160. The van der Waals surface area contributed by atoms with Gasteiger partial charge in [-0.05, 0) is 29.8 Å². The Kier molecular flexibility index (Phi) is 5.37. The number of alkyl halides is 3. The number of nitrogens with one attached hydrogen (secondary N) is 1. The van der Waals surface area contributed by atoms with Crippen LogP contribution in [-0.2, 0) is 6.18 Å². The third-order valence-corrected chi connectivity index (χ3v) is 4.75. The van der Waals surface area contributed by atoms with Crippen molar-refractivity contribution >= 4 is 16.7 Å². The average molecular weight is 409 g/mol. The molecule has 4 rings (SSSR count). The number of hydrogen-bond acceptors (Lipinski definition) is 4. The lowest BCUT2D eigenvalue weighted by molar-refractivity contribution is -0.137. The summed E-state index contributed by atoms with van der Waals surface area (Å²) in [7, 11) is 0. The van der Waals surface area contributed by atoms with Gasteiger partial charge < -0.3 is 10.4 Å². The predicted octanol–water partition coefficient (Wildman–Crippen LogP) is 5.46. The first kappa shape index (κ1) is 19.8. The minimum atomic E-state index is -4.46. The Morgan fingerprint density at radius 3 is 2.33 bits per heavy atom. The van der Waals surface area contributed by atoms with Crippen LogP contribution in [0.25, 0.3) is 22.3 Å². The molecule has 152 valence electrons. The maximum absolute atomic E-state index is 13.1. The summed E-state index contributed by atoms with van der Waals surface area (Å²) < 4.78 is 39.4. The summed E-state index contributed by atoms with van der Waals surface area (Å²) in [5.74, 6) is 0.614. The Morgan fingerprint density at radius 2 is 1.60 bits per heavy atom. The highest BCUT2D eigenvalue weighted by Crippen LogP contribution is 2.33. The van der Waals surface area contributed by atoms with Gasteiger partial charge in [-0.25, -0.2) is 9.97 Å². The maximum atomic E-state index is 13.1. The van der Waals surface area contributed by atoms with Crippen LogP contribution in [0.15, 0.2) is 78.9 Å². The van der Waals surface area contributed by atoms with Crippen LogP contribution >= 0.6 is 0 Å². The lowest BCUT2D eigenvalue weighted by atomic mass is 10.1. The smallest absolute Gasteiger partial charge is 0.394 e. The highest BCUT2D eigenvalue weighted by molar-refractivity contribution is 5.90. The largest absolute Gasteiger partial charge is 0.416 e. The molecule has 0 bridgehead atoms. The first-order valence-corrected chi connectivity index (χ1v) is 9.32. The minimum absolute atomic E-state index is 0.173. The molecule has 1 heterocycles. The first-order chi connectivity index (χ1) is 14.5. The number of hydrogen-bond donors (Lipinski definition) is 2. The van der Waals surface area contributed by atoms with Crippen LogP contribution in [0.2, 0.25) is 0 Å². The highest BCUT2D eigenvalue weighted by atomic mass is 19.4. The van der Waals surface area contributed by atoms with E-state index in [-0.39, 0.29) is 18.0 Å². The topological polar surface area (TPSA) is 58.0 Å². The summed E-state index contributed by atoms with van der Waals surface area (Å²) in [5, 5.41) is 13.8. The summed E-state index contributed by atoms with van der Waals surface area (Å²) >= 11 is 0. The normalized spacial score (nSPS) is 12.7. The maximum Gasteiger partial charge on any atom is 0.416 e. The summed E-state index contributed by atoms with van der Waals surface area (Å²) in [6.07, 6.45) is -4.46. The van der Waals surface area contributed by atoms with E-state index >= 15 is 0 Å². The number of aliphatic hydroxyl groups excluding tert-OH is 1. The molecule has 3 aromatic carbocycles. The van der Waals surface area contributed by atoms with Gasteiger partial charge in [0.15, 0.2) is 5.82 Å². The highest BCUT2D eigenvalue weighted by Gasteiger charge is 2.30. The van der Waals surface area contributed by atoms with Gasteiger partial charge in [-0.1, -0.05) is 54.6 Å². The van der Waals surface area contributed by atoms with E-state index in [9.17, 15) is 18.3 Å². The molecular formula is C23H18F3N3O. The second kappa shape index (κ2) is 8.12. The molecule has 0 aliphatic heterocycles. The number of anilines is 1. The van der Waals surface area contributed by atoms with Gasteiger partial charge in [0.25, 0.3) is 0 Å². The summed E-state index contributed by atoms with van der Waals surface area (Å²) in [6.45, 7) is -0.179. The molecule has 0 spiro atoms. The third kappa shape index (κ3) is 4.11. The molecule has 0 radical (unpaired) electrons. The number of aliphatic hydroxyl groups is 1. The third-order valence-electron chi connectivity index (χ3n) is 4.75. The van der Waals surface area contributed by atoms with Gasteiger partial charge in [0.05, 0.1) is 23.7 Å². The van der Waals surface area contributed by atoms with Gasteiger partial charge in [0.2, 0.25) is 0 Å². The van der Waals surface area contributed by atoms with E-state index in [1.54, 1.807) is 18.2 Å². The van der Waals surface area contributed by atoms with Crippen LogP contribution in [-0.4, -0.2) is 21.7 Å². The zero-order valence-corrected chi connectivity index (χ0v) is 15.8. The van der Waals surface area contributed by atoms with Crippen molar-refractivity contribution in [1.82, 2.24) is 9.97 Å².